The van der Waals surface area contributed by atoms with E-state index in [1.807, 2.05) is 56.6 Å². The predicted octanol–water partition coefficient (Wildman–Crippen LogP) is 5.59. The number of rotatable bonds is 1. The Labute approximate surface area is 122 Å². The molecular weight excluding hydrogens is 256 g/mol. The molecule has 0 unspecified atom stereocenters. The van der Waals surface area contributed by atoms with Crippen molar-refractivity contribution in [2.75, 3.05) is 0 Å². The van der Waals surface area contributed by atoms with Crippen molar-refractivity contribution in [3.63, 3.8) is 0 Å². The average molecular weight is 281 g/mol. The van der Waals surface area contributed by atoms with Crippen molar-refractivity contribution in [3.05, 3.63) is 46.7 Å². The minimum absolute atomic E-state index is 0.746. The van der Waals surface area contributed by atoms with E-state index < -0.39 is 0 Å². The van der Waals surface area contributed by atoms with E-state index in [0.717, 1.165) is 22.1 Å². The molecule has 106 valence electrons. The standard InChI is InChI=1S/C11H11ClN2.C3H8.C2H6/c1-8-7-9(2)14(13-8)11-5-3-10(12)4-6-11;1-3-2;1-2/h3-7H,1-2H3;3H2,1-2H3;1-2H3. The second kappa shape index (κ2) is 9.62. The normalized spacial score (nSPS) is 9.00. The highest BCUT2D eigenvalue weighted by molar-refractivity contribution is 6.30. The zero-order valence-corrected chi connectivity index (χ0v) is 13.6. The molecule has 0 saturated heterocycles. The third-order valence-corrected chi connectivity index (χ3v) is 2.33. The van der Waals surface area contributed by atoms with Gasteiger partial charge in [0.2, 0.25) is 0 Å². The van der Waals surface area contributed by atoms with Crippen LogP contribution in [0.25, 0.3) is 5.69 Å². The van der Waals surface area contributed by atoms with Gasteiger partial charge < -0.3 is 0 Å². The van der Waals surface area contributed by atoms with Crippen molar-refractivity contribution in [3.8, 4) is 5.69 Å². The van der Waals surface area contributed by atoms with Crippen LogP contribution in [-0.2, 0) is 0 Å². The summed E-state index contributed by atoms with van der Waals surface area (Å²) >= 11 is 5.81. The van der Waals surface area contributed by atoms with Crippen molar-refractivity contribution in [2.24, 2.45) is 0 Å². The molecule has 0 bridgehead atoms. The molecule has 0 spiro atoms. The van der Waals surface area contributed by atoms with Gasteiger partial charge >= 0.3 is 0 Å². The van der Waals surface area contributed by atoms with Gasteiger partial charge in [0.05, 0.1) is 11.4 Å². The van der Waals surface area contributed by atoms with Crippen LogP contribution in [0.2, 0.25) is 5.02 Å². The molecule has 0 fully saturated rings. The van der Waals surface area contributed by atoms with Gasteiger partial charge in [-0.05, 0) is 44.2 Å². The fourth-order valence-electron chi connectivity index (χ4n) is 1.47. The Morgan fingerprint density at radius 2 is 1.53 bits per heavy atom. The van der Waals surface area contributed by atoms with E-state index in [-0.39, 0.29) is 0 Å². The zero-order chi connectivity index (χ0) is 14.8. The highest BCUT2D eigenvalue weighted by atomic mass is 35.5. The Balaban J connectivity index is 0.000000573. The van der Waals surface area contributed by atoms with Crippen LogP contribution in [0, 0.1) is 13.8 Å². The Hall–Kier alpha value is -1.28. The van der Waals surface area contributed by atoms with E-state index in [1.54, 1.807) is 0 Å². The van der Waals surface area contributed by atoms with Crippen LogP contribution < -0.4 is 0 Å². The molecule has 0 saturated carbocycles. The maximum absolute atomic E-state index is 5.81. The first kappa shape index (κ1) is 17.7. The molecule has 0 aliphatic heterocycles. The van der Waals surface area contributed by atoms with Crippen molar-refractivity contribution < 1.29 is 0 Å². The van der Waals surface area contributed by atoms with Crippen LogP contribution in [-0.4, -0.2) is 9.78 Å². The summed E-state index contributed by atoms with van der Waals surface area (Å²) < 4.78 is 1.91. The fourth-order valence-corrected chi connectivity index (χ4v) is 1.60. The molecule has 3 heteroatoms. The van der Waals surface area contributed by atoms with E-state index in [9.17, 15) is 0 Å². The van der Waals surface area contributed by atoms with E-state index in [0.29, 0.717) is 0 Å². The molecule has 0 N–H and O–H groups in total. The number of benzene rings is 1. The van der Waals surface area contributed by atoms with Crippen molar-refractivity contribution in [2.45, 2.75) is 48.0 Å². The van der Waals surface area contributed by atoms with Crippen molar-refractivity contribution in [1.29, 1.82) is 0 Å². The summed E-state index contributed by atoms with van der Waals surface area (Å²) in [4.78, 5) is 0. The number of halogens is 1. The largest absolute Gasteiger partial charge is 0.238 e. The third kappa shape index (κ3) is 5.93. The molecule has 0 atom stereocenters. The molecule has 1 aromatic heterocycles. The Morgan fingerprint density at radius 3 is 1.89 bits per heavy atom. The summed E-state index contributed by atoms with van der Waals surface area (Å²) in [6, 6.07) is 9.71. The Morgan fingerprint density at radius 1 is 1.05 bits per heavy atom. The second-order valence-corrected chi connectivity index (χ2v) is 4.46. The van der Waals surface area contributed by atoms with Crippen LogP contribution in [0.3, 0.4) is 0 Å². The molecule has 2 nitrogen and oxygen atoms in total. The number of nitrogens with zero attached hydrogens (tertiary/aromatic N) is 2. The number of aromatic nitrogens is 2. The van der Waals surface area contributed by atoms with Crippen LogP contribution in [0.5, 0.6) is 0 Å². The maximum atomic E-state index is 5.81. The molecule has 0 aliphatic carbocycles. The minimum Gasteiger partial charge on any atom is -0.238 e. The second-order valence-electron chi connectivity index (χ2n) is 4.02. The van der Waals surface area contributed by atoms with Gasteiger partial charge in [-0.1, -0.05) is 45.7 Å². The number of aryl methyl sites for hydroxylation is 2. The van der Waals surface area contributed by atoms with Gasteiger partial charge in [0.1, 0.15) is 0 Å². The molecule has 0 aliphatic rings. The van der Waals surface area contributed by atoms with Gasteiger partial charge in [-0.25, -0.2) is 4.68 Å². The summed E-state index contributed by atoms with van der Waals surface area (Å²) in [5.74, 6) is 0. The molecule has 0 amide bonds. The maximum Gasteiger partial charge on any atom is 0.0649 e. The topological polar surface area (TPSA) is 17.8 Å². The molecule has 1 aromatic carbocycles. The van der Waals surface area contributed by atoms with Crippen molar-refractivity contribution >= 4 is 11.6 Å². The van der Waals surface area contributed by atoms with Gasteiger partial charge in [-0.3, -0.25) is 0 Å². The van der Waals surface area contributed by atoms with Crippen molar-refractivity contribution in [1.82, 2.24) is 9.78 Å². The van der Waals surface area contributed by atoms with Crippen LogP contribution >= 0.6 is 11.6 Å². The van der Waals surface area contributed by atoms with Gasteiger partial charge in [-0.2, -0.15) is 5.10 Å². The Kier molecular flexibility index (Phi) is 8.98. The van der Waals surface area contributed by atoms with Crippen LogP contribution in [0.1, 0.15) is 45.5 Å². The molecular formula is C16H25ClN2. The van der Waals surface area contributed by atoms with Crippen LogP contribution in [0.4, 0.5) is 0 Å². The highest BCUT2D eigenvalue weighted by Crippen LogP contribution is 2.15. The van der Waals surface area contributed by atoms with E-state index in [1.165, 1.54) is 6.42 Å². The monoisotopic (exact) mass is 280 g/mol. The molecule has 2 aromatic rings. The van der Waals surface area contributed by atoms with E-state index in [2.05, 4.69) is 25.0 Å². The quantitative estimate of drug-likeness (QED) is 0.666. The smallest absolute Gasteiger partial charge is 0.0649 e. The SMILES string of the molecule is CC.CCC.Cc1cc(C)n(-c2ccc(Cl)cc2)n1. The zero-order valence-electron chi connectivity index (χ0n) is 12.9. The number of hydrogen-bond donors (Lipinski definition) is 0. The lowest BCUT2D eigenvalue weighted by molar-refractivity contribution is 0.834. The first-order chi connectivity index (χ1) is 9.08. The predicted molar refractivity (Wildman–Crippen MR) is 85.4 cm³/mol. The Bertz CT molecular complexity index is 458. The summed E-state index contributed by atoms with van der Waals surface area (Å²) in [6.45, 7) is 12.3. The van der Waals surface area contributed by atoms with Gasteiger partial charge in [-0.15, -0.1) is 0 Å². The van der Waals surface area contributed by atoms with Gasteiger partial charge in [0, 0.05) is 10.7 Å². The van der Waals surface area contributed by atoms with E-state index >= 15 is 0 Å². The number of hydrogen-bond acceptors (Lipinski definition) is 1. The first-order valence-corrected chi connectivity index (χ1v) is 7.25. The van der Waals surface area contributed by atoms with Gasteiger partial charge in [0.15, 0.2) is 0 Å². The lowest BCUT2D eigenvalue weighted by Crippen LogP contribution is -1.98. The lowest BCUT2D eigenvalue weighted by Gasteiger charge is -2.03. The third-order valence-electron chi connectivity index (χ3n) is 2.08. The molecule has 1 heterocycles. The van der Waals surface area contributed by atoms with E-state index in [4.69, 9.17) is 11.6 Å². The van der Waals surface area contributed by atoms with Gasteiger partial charge in [0.25, 0.3) is 0 Å². The average Bonchev–Trinajstić information content (AvgIpc) is 2.73. The summed E-state index contributed by atoms with van der Waals surface area (Å²) in [6.07, 6.45) is 1.25. The lowest BCUT2D eigenvalue weighted by atomic mass is 10.3. The molecule has 0 radical (unpaired) electrons. The minimum atomic E-state index is 0.746. The summed E-state index contributed by atoms with van der Waals surface area (Å²) in [5, 5.41) is 5.13. The first-order valence-electron chi connectivity index (χ1n) is 6.87. The fraction of sp³-hybridized carbons (Fsp3) is 0.438. The van der Waals surface area contributed by atoms with Crippen LogP contribution in [0.15, 0.2) is 30.3 Å². The molecule has 2 rings (SSSR count). The summed E-state index contributed by atoms with van der Waals surface area (Å²) in [7, 11) is 0. The molecule has 19 heavy (non-hydrogen) atoms. The summed E-state index contributed by atoms with van der Waals surface area (Å²) in [5.41, 5.74) is 3.20. The highest BCUT2D eigenvalue weighted by Gasteiger charge is 2.02.